The molecular formula is C17H16N4O2. The Morgan fingerprint density at radius 3 is 2.57 bits per heavy atom. The van der Waals surface area contributed by atoms with Gasteiger partial charge in [-0.2, -0.15) is 0 Å². The molecule has 0 aliphatic rings. The Hall–Kier alpha value is -3.15. The molecule has 0 radical (unpaired) electrons. The Morgan fingerprint density at radius 1 is 1.13 bits per heavy atom. The van der Waals surface area contributed by atoms with E-state index in [1.54, 1.807) is 37.6 Å². The van der Waals surface area contributed by atoms with Crippen LogP contribution >= 0.6 is 0 Å². The van der Waals surface area contributed by atoms with E-state index in [-0.39, 0.29) is 12.5 Å². The molecule has 116 valence electrons. The zero-order chi connectivity index (χ0) is 16.1. The van der Waals surface area contributed by atoms with E-state index < -0.39 is 0 Å². The molecule has 23 heavy (non-hydrogen) atoms. The summed E-state index contributed by atoms with van der Waals surface area (Å²) in [6.45, 7) is 0.103. The maximum absolute atomic E-state index is 12.1. The van der Waals surface area contributed by atoms with Crippen molar-refractivity contribution in [3.8, 4) is 17.0 Å². The van der Waals surface area contributed by atoms with Gasteiger partial charge in [-0.05, 0) is 24.3 Å². The average Bonchev–Trinajstić information content (AvgIpc) is 3.04. The number of nitrogens with zero attached hydrogens (tertiary/aromatic N) is 3. The molecule has 3 aromatic rings. The Balaban J connectivity index is 1.63. The first-order valence-electron chi connectivity index (χ1n) is 7.14. The summed E-state index contributed by atoms with van der Waals surface area (Å²) in [6, 6.07) is 16.9. The summed E-state index contributed by atoms with van der Waals surface area (Å²) in [6.07, 6.45) is 1.75. The summed E-state index contributed by atoms with van der Waals surface area (Å²) in [4.78, 5) is 12.1. The lowest BCUT2D eigenvalue weighted by atomic mass is 10.2. The van der Waals surface area contributed by atoms with Gasteiger partial charge in [0.05, 0.1) is 13.3 Å². The number of ether oxygens (including phenoxy) is 1. The van der Waals surface area contributed by atoms with Gasteiger partial charge in [0.1, 0.15) is 18.0 Å². The van der Waals surface area contributed by atoms with Gasteiger partial charge in [-0.1, -0.05) is 35.5 Å². The third-order valence-electron chi connectivity index (χ3n) is 3.29. The largest absolute Gasteiger partial charge is 0.497 e. The highest BCUT2D eigenvalue weighted by Gasteiger charge is 2.08. The number of rotatable bonds is 5. The fourth-order valence-corrected chi connectivity index (χ4v) is 2.14. The Morgan fingerprint density at radius 2 is 1.87 bits per heavy atom. The van der Waals surface area contributed by atoms with E-state index in [0.717, 1.165) is 17.0 Å². The van der Waals surface area contributed by atoms with E-state index in [1.807, 2.05) is 30.3 Å². The molecule has 0 unspecified atom stereocenters. The number of aromatic nitrogens is 3. The number of hydrogen-bond donors (Lipinski definition) is 1. The van der Waals surface area contributed by atoms with Crippen LogP contribution in [0, 0.1) is 0 Å². The summed E-state index contributed by atoms with van der Waals surface area (Å²) >= 11 is 0. The van der Waals surface area contributed by atoms with Gasteiger partial charge in [0, 0.05) is 11.3 Å². The standard InChI is InChI=1S/C17H16N4O2/c1-23-15-9-7-14(8-10-15)18-17(22)12-21-11-16(19-20-21)13-5-3-2-4-6-13/h2-11H,12H2,1H3,(H,18,22). The fraction of sp³-hybridized carbons (Fsp3) is 0.118. The quantitative estimate of drug-likeness (QED) is 0.786. The van der Waals surface area contributed by atoms with Gasteiger partial charge in [0.2, 0.25) is 5.91 Å². The summed E-state index contributed by atoms with van der Waals surface area (Å²) in [5, 5.41) is 10.9. The van der Waals surface area contributed by atoms with Gasteiger partial charge in [0.15, 0.2) is 0 Å². The lowest BCUT2D eigenvalue weighted by molar-refractivity contribution is -0.116. The van der Waals surface area contributed by atoms with Crippen LogP contribution in [0.3, 0.4) is 0 Å². The molecule has 0 saturated heterocycles. The maximum Gasteiger partial charge on any atom is 0.246 e. The highest BCUT2D eigenvalue weighted by molar-refractivity contribution is 5.90. The van der Waals surface area contributed by atoms with Gasteiger partial charge in [0.25, 0.3) is 0 Å². The SMILES string of the molecule is COc1ccc(NC(=O)Cn2cc(-c3ccccc3)nn2)cc1. The monoisotopic (exact) mass is 308 g/mol. The van der Waals surface area contributed by atoms with Crippen molar-refractivity contribution in [2.75, 3.05) is 12.4 Å². The molecule has 1 N–H and O–H groups in total. The summed E-state index contributed by atoms with van der Waals surface area (Å²) in [5.41, 5.74) is 2.41. The summed E-state index contributed by atoms with van der Waals surface area (Å²) < 4.78 is 6.59. The zero-order valence-corrected chi connectivity index (χ0v) is 12.6. The smallest absolute Gasteiger partial charge is 0.246 e. The highest BCUT2D eigenvalue weighted by Crippen LogP contribution is 2.16. The highest BCUT2D eigenvalue weighted by atomic mass is 16.5. The van der Waals surface area contributed by atoms with E-state index in [9.17, 15) is 4.79 Å². The van der Waals surface area contributed by atoms with Crippen molar-refractivity contribution in [3.63, 3.8) is 0 Å². The zero-order valence-electron chi connectivity index (χ0n) is 12.6. The normalized spacial score (nSPS) is 10.3. The molecule has 0 fully saturated rings. The van der Waals surface area contributed by atoms with Crippen LogP contribution in [-0.2, 0) is 11.3 Å². The van der Waals surface area contributed by atoms with Gasteiger partial charge in [-0.3, -0.25) is 4.79 Å². The van der Waals surface area contributed by atoms with Crippen molar-refractivity contribution in [2.45, 2.75) is 6.54 Å². The number of methoxy groups -OCH3 is 1. The van der Waals surface area contributed by atoms with Crippen LogP contribution < -0.4 is 10.1 Å². The van der Waals surface area contributed by atoms with Crippen molar-refractivity contribution in [1.82, 2.24) is 15.0 Å². The van der Waals surface area contributed by atoms with Crippen LogP contribution in [-0.4, -0.2) is 28.0 Å². The molecule has 1 aromatic heterocycles. The molecule has 0 aliphatic carbocycles. The second kappa shape index (κ2) is 6.74. The molecular weight excluding hydrogens is 292 g/mol. The minimum atomic E-state index is -0.167. The third-order valence-corrected chi connectivity index (χ3v) is 3.29. The van der Waals surface area contributed by atoms with E-state index in [2.05, 4.69) is 15.6 Å². The molecule has 3 rings (SSSR count). The number of benzene rings is 2. The second-order valence-corrected chi connectivity index (χ2v) is 4.94. The number of carbonyl (C=O) groups excluding carboxylic acids is 1. The summed E-state index contributed by atoms with van der Waals surface area (Å²) in [5.74, 6) is 0.575. The minimum absolute atomic E-state index is 0.103. The Labute approximate surface area is 133 Å². The van der Waals surface area contributed by atoms with Gasteiger partial charge < -0.3 is 10.1 Å². The average molecular weight is 308 g/mol. The molecule has 1 heterocycles. The van der Waals surface area contributed by atoms with Crippen molar-refractivity contribution >= 4 is 11.6 Å². The third kappa shape index (κ3) is 3.74. The molecule has 0 aliphatic heterocycles. The van der Waals surface area contributed by atoms with Crippen molar-refractivity contribution in [3.05, 3.63) is 60.8 Å². The van der Waals surface area contributed by atoms with E-state index in [0.29, 0.717) is 5.69 Å². The molecule has 1 amide bonds. The molecule has 0 atom stereocenters. The van der Waals surface area contributed by atoms with Gasteiger partial charge in [-0.15, -0.1) is 5.10 Å². The van der Waals surface area contributed by atoms with Crippen LogP contribution in [0.25, 0.3) is 11.3 Å². The van der Waals surface area contributed by atoms with Gasteiger partial charge >= 0.3 is 0 Å². The first-order chi connectivity index (χ1) is 11.2. The van der Waals surface area contributed by atoms with Crippen LogP contribution in [0.5, 0.6) is 5.75 Å². The number of amides is 1. The van der Waals surface area contributed by atoms with Crippen LogP contribution in [0.1, 0.15) is 0 Å². The first kappa shape index (κ1) is 14.8. The number of hydrogen-bond acceptors (Lipinski definition) is 4. The molecule has 2 aromatic carbocycles. The minimum Gasteiger partial charge on any atom is -0.497 e. The predicted molar refractivity (Wildman–Crippen MR) is 87.1 cm³/mol. The van der Waals surface area contributed by atoms with Crippen LogP contribution in [0.4, 0.5) is 5.69 Å². The Kier molecular flexibility index (Phi) is 4.33. The van der Waals surface area contributed by atoms with Crippen LogP contribution in [0.2, 0.25) is 0 Å². The van der Waals surface area contributed by atoms with E-state index in [4.69, 9.17) is 4.74 Å². The fourth-order valence-electron chi connectivity index (χ4n) is 2.14. The van der Waals surface area contributed by atoms with Crippen molar-refractivity contribution in [2.24, 2.45) is 0 Å². The van der Waals surface area contributed by atoms with Gasteiger partial charge in [-0.25, -0.2) is 4.68 Å². The van der Waals surface area contributed by atoms with Crippen molar-refractivity contribution < 1.29 is 9.53 Å². The molecule has 0 bridgehead atoms. The summed E-state index contributed by atoms with van der Waals surface area (Å²) in [7, 11) is 1.60. The molecule has 0 saturated carbocycles. The van der Waals surface area contributed by atoms with Crippen LogP contribution in [0.15, 0.2) is 60.8 Å². The Bertz CT molecular complexity index is 782. The maximum atomic E-state index is 12.1. The second-order valence-electron chi connectivity index (χ2n) is 4.94. The molecule has 6 nitrogen and oxygen atoms in total. The van der Waals surface area contributed by atoms with Crippen molar-refractivity contribution in [1.29, 1.82) is 0 Å². The number of anilines is 1. The molecule has 6 heteroatoms. The van der Waals surface area contributed by atoms with E-state index >= 15 is 0 Å². The predicted octanol–water partition coefficient (Wildman–Crippen LogP) is 2.59. The lowest BCUT2D eigenvalue weighted by Gasteiger charge is -2.06. The number of nitrogens with one attached hydrogen (secondary N) is 1. The topological polar surface area (TPSA) is 69.0 Å². The number of carbonyl (C=O) groups is 1. The lowest BCUT2D eigenvalue weighted by Crippen LogP contribution is -2.19. The molecule has 0 spiro atoms. The first-order valence-corrected chi connectivity index (χ1v) is 7.14. The van der Waals surface area contributed by atoms with E-state index in [1.165, 1.54) is 4.68 Å².